The Labute approximate surface area is 149 Å². The molecule has 0 bridgehead atoms. The summed E-state index contributed by atoms with van der Waals surface area (Å²) in [5, 5.41) is 0. The van der Waals surface area contributed by atoms with Crippen molar-refractivity contribution in [2.75, 3.05) is 33.0 Å². The summed E-state index contributed by atoms with van der Waals surface area (Å²) in [6.07, 6.45) is 15.2. The Morgan fingerprint density at radius 2 is 1.12 bits per heavy atom. The van der Waals surface area contributed by atoms with Gasteiger partial charge in [-0.15, -0.1) is 0 Å². The van der Waals surface area contributed by atoms with Crippen molar-refractivity contribution in [3.05, 3.63) is 0 Å². The minimum Gasteiger partial charge on any atom is -0.466 e. The number of rotatable bonds is 19. The lowest BCUT2D eigenvalue weighted by Crippen LogP contribution is -2.11. The summed E-state index contributed by atoms with van der Waals surface area (Å²) in [5.41, 5.74) is 0. The molecule has 0 aromatic heterocycles. The smallest absolute Gasteiger partial charge is 0.308 e. The van der Waals surface area contributed by atoms with Gasteiger partial charge in [-0.25, -0.2) is 0 Å². The minimum atomic E-state index is -0.195. The Hall–Kier alpha value is -0.610. The van der Waals surface area contributed by atoms with E-state index in [1.807, 2.05) is 0 Å². The van der Waals surface area contributed by atoms with Crippen molar-refractivity contribution in [2.24, 2.45) is 0 Å². The minimum absolute atomic E-state index is 0.195. The highest BCUT2D eigenvalue weighted by atomic mass is 16.5. The second kappa shape index (κ2) is 20.4. The van der Waals surface area contributed by atoms with E-state index in [2.05, 4.69) is 6.92 Å². The largest absolute Gasteiger partial charge is 0.466 e. The zero-order valence-corrected chi connectivity index (χ0v) is 16.2. The molecular weight excluding hydrogens is 304 g/mol. The first-order valence-electron chi connectivity index (χ1n) is 10.1. The van der Waals surface area contributed by atoms with Gasteiger partial charge in [0.1, 0.15) is 0 Å². The van der Waals surface area contributed by atoms with E-state index in [4.69, 9.17) is 14.2 Å². The molecule has 0 atom stereocenters. The Morgan fingerprint density at radius 3 is 1.67 bits per heavy atom. The van der Waals surface area contributed by atoms with Crippen LogP contribution in [-0.2, 0) is 19.0 Å². The van der Waals surface area contributed by atoms with Gasteiger partial charge in [-0.3, -0.25) is 4.79 Å². The molecule has 144 valence electrons. The van der Waals surface area contributed by atoms with Crippen LogP contribution in [0.25, 0.3) is 0 Å². The third-order valence-corrected chi connectivity index (χ3v) is 4.02. The summed E-state index contributed by atoms with van der Waals surface area (Å²) in [4.78, 5) is 11.1. The van der Waals surface area contributed by atoms with Crippen molar-refractivity contribution >= 4 is 5.97 Å². The van der Waals surface area contributed by atoms with Crippen LogP contribution >= 0.6 is 0 Å². The van der Waals surface area contributed by atoms with Gasteiger partial charge in [0.15, 0.2) is 0 Å². The zero-order chi connectivity index (χ0) is 17.7. The van der Waals surface area contributed by atoms with Crippen LogP contribution in [0, 0.1) is 0 Å². The average molecular weight is 345 g/mol. The molecule has 0 saturated heterocycles. The van der Waals surface area contributed by atoms with Gasteiger partial charge in [-0.2, -0.15) is 0 Å². The molecule has 0 fully saturated rings. The second-order valence-corrected chi connectivity index (χ2v) is 6.32. The molecule has 0 rings (SSSR count). The Kier molecular flexibility index (Phi) is 19.9. The highest BCUT2D eigenvalue weighted by molar-refractivity contribution is 5.69. The van der Waals surface area contributed by atoms with Crippen molar-refractivity contribution in [3.63, 3.8) is 0 Å². The predicted octanol–water partition coefficient (Wildman–Crippen LogP) is 5.28. The fraction of sp³-hybridized carbons (Fsp3) is 0.950. The number of ether oxygens (including phenoxy) is 3. The molecular formula is C20H40O4. The molecule has 4 heteroatoms. The molecule has 0 radical (unpaired) electrons. The van der Waals surface area contributed by atoms with Gasteiger partial charge in [0, 0.05) is 6.61 Å². The molecule has 0 saturated carbocycles. The lowest BCUT2D eigenvalue weighted by molar-refractivity contribution is -0.144. The maximum atomic E-state index is 11.1. The van der Waals surface area contributed by atoms with Crippen LogP contribution in [0.2, 0.25) is 0 Å². The SMILES string of the molecule is CCCCCCCCCCCCCOCCOCCC(=O)OCC. The first-order valence-corrected chi connectivity index (χ1v) is 10.1. The third-order valence-electron chi connectivity index (χ3n) is 4.02. The Morgan fingerprint density at radius 1 is 0.625 bits per heavy atom. The molecule has 0 aromatic rings. The van der Waals surface area contributed by atoms with E-state index in [0.717, 1.165) is 13.0 Å². The predicted molar refractivity (Wildman–Crippen MR) is 99.3 cm³/mol. The van der Waals surface area contributed by atoms with E-state index in [9.17, 15) is 4.79 Å². The average Bonchev–Trinajstić information content (AvgIpc) is 2.58. The topological polar surface area (TPSA) is 44.8 Å². The summed E-state index contributed by atoms with van der Waals surface area (Å²) < 4.78 is 15.7. The van der Waals surface area contributed by atoms with Gasteiger partial charge in [0.05, 0.1) is 32.8 Å². The van der Waals surface area contributed by atoms with E-state index < -0.39 is 0 Å². The lowest BCUT2D eigenvalue weighted by Gasteiger charge is -2.06. The van der Waals surface area contributed by atoms with Crippen molar-refractivity contribution in [2.45, 2.75) is 90.9 Å². The first kappa shape index (κ1) is 23.4. The molecule has 0 unspecified atom stereocenters. The Balaban J connectivity index is 3.01. The molecule has 24 heavy (non-hydrogen) atoms. The van der Waals surface area contributed by atoms with Crippen molar-refractivity contribution in [1.29, 1.82) is 0 Å². The van der Waals surface area contributed by atoms with E-state index in [1.165, 1.54) is 64.2 Å². The fourth-order valence-electron chi connectivity index (χ4n) is 2.58. The van der Waals surface area contributed by atoms with Crippen LogP contribution in [0.3, 0.4) is 0 Å². The normalized spacial score (nSPS) is 10.9. The molecule has 0 spiro atoms. The van der Waals surface area contributed by atoms with Crippen molar-refractivity contribution in [1.82, 2.24) is 0 Å². The Bertz CT molecular complexity index is 256. The molecule has 0 aliphatic rings. The van der Waals surface area contributed by atoms with Crippen LogP contribution in [0.4, 0.5) is 0 Å². The monoisotopic (exact) mass is 344 g/mol. The quantitative estimate of drug-likeness (QED) is 0.236. The van der Waals surface area contributed by atoms with Crippen LogP contribution in [-0.4, -0.2) is 39.0 Å². The van der Waals surface area contributed by atoms with Gasteiger partial charge in [0.2, 0.25) is 0 Å². The van der Waals surface area contributed by atoms with E-state index in [-0.39, 0.29) is 5.97 Å². The summed E-state index contributed by atoms with van der Waals surface area (Å²) >= 11 is 0. The molecule has 0 amide bonds. The van der Waals surface area contributed by atoms with Gasteiger partial charge < -0.3 is 14.2 Å². The number of hydrogen-bond acceptors (Lipinski definition) is 4. The van der Waals surface area contributed by atoms with E-state index in [1.54, 1.807) is 6.92 Å². The van der Waals surface area contributed by atoms with Gasteiger partial charge in [-0.05, 0) is 13.3 Å². The van der Waals surface area contributed by atoms with Crippen molar-refractivity contribution < 1.29 is 19.0 Å². The molecule has 0 aliphatic heterocycles. The summed E-state index contributed by atoms with van der Waals surface area (Å²) in [6.45, 7) is 6.90. The number of carbonyl (C=O) groups excluding carboxylic acids is 1. The van der Waals surface area contributed by atoms with Crippen LogP contribution < -0.4 is 0 Å². The van der Waals surface area contributed by atoms with Gasteiger partial charge in [0.25, 0.3) is 0 Å². The highest BCUT2D eigenvalue weighted by Crippen LogP contribution is 2.11. The number of esters is 1. The summed E-state index contributed by atoms with van der Waals surface area (Å²) in [7, 11) is 0. The third kappa shape index (κ3) is 19.4. The standard InChI is InChI=1S/C20H40O4/c1-3-5-6-7-8-9-10-11-12-13-14-16-22-18-19-23-17-15-20(21)24-4-2/h3-19H2,1-2H3. The van der Waals surface area contributed by atoms with Gasteiger partial charge in [-0.1, -0.05) is 71.1 Å². The van der Waals surface area contributed by atoms with Crippen LogP contribution in [0.5, 0.6) is 0 Å². The number of hydrogen-bond donors (Lipinski definition) is 0. The van der Waals surface area contributed by atoms with Crippen molar-refractivity contribution in [3.8, 4) is 0 Å². The maximum Gasteiger partial charge on any atom is 0.308 e. The summed E-state index contributed by atoms with van der Waals surface area (Å²) in [5.74, 6) is -0.195. The van der Waals surface area contributed by atoms with E-state index >= 15 is 0 Å². The first-order chi connectivity index (χ1) is 11.8. The molecule has 0 heterocycles. The second-order valence-electron chi connectivity index (χ2n) is 6.32. The highest BCUT2D eigenvalue weighted by Gasteiger charge is 2.00. The van der Waals surface area contributed by atoms with Gasteiger partial charge >= 0.3 is 5.97 Å². The van der Waals surface area contributed by atoms with E-state index in [0.29, 0.717) is 32.8 Å². The summed E-state index contributed by atoms with van der Waals surface area (Å²) in [6, 6.07) is 0. The van der Waals surface area contributed by atoms with Crippen LogP contribution in [0.15, 0.2) is 0 Å². The lowest BCUT2D eigenvalue weighted by atomic mass is 10.1. The molecule has 0 N–H and O–H groups in total. The zero-order valence-electron chi connectivity index (χ0n) is 16.2. The molecule has 0 aliphatic carbocycles. The molecule has 0 aromatic carbocycles. The van der Waals surface area contributed by atoms with Crippen LogP contribution in [0.1, 0.15) is 90.9 Å². The fourth-order valence-corrected chi connectivity index (χ4v) is 2.58. The molecule has 4 nitrogen and oxygen atoms in total. The number of unbranched alkanes of at least 4 members (excludes halogenated alkanes) is 10. The number of carbonyl (C=O) groups is 1. The maximum absolute atomic E-state index is 11.1.